The molecule has 4 nitrogen and oxygen atoms in total. The van der Waals surface area contributed by atoms with E-state index in [-0.39, 0.29) is 16.6 Å². The number of hydrogen-bond acceptors (Lipinski definition) is 4. The molecule has 0 spiro atoms. The van der Waals surface area contributed by atoms with Crippen LogP contribution in [0.5, 0.6) is 0 Å². The van der Waals surface area contributed by atoms with E-state index in [0.29, 0.717) is 5.82 Å². The molecule has 0 aliphatic carbocycles. The van der Waals surface area contributed by atoms with Gasteiger partial charge in [-0.1, -0.05) is 0 Å². The van der Waals surface area contributed by atoms with E-state index >= 15 is 0 Å². The standard InChI is InChI=1S/C11H11BrN2O2S2.ClH/c1-7-5-8(2)13-10(6-7)14-18(15,16)11-4-3-9(12)17-11;/h3-6H,1-2H3,(H,13,14);1H/p-1. The molecule has 0 bridgehead atoms. The fourth-order valence-electron chi connectivity index (χ4n) is 1.52. The Labute approximate surface area is 130 Å². The quantitative estimate of drug-likeness (QED) is 0.832. The molecule has 0 saturated heterocycles. The van der Waals surface area contributed by atoms with E-state index < -0.39 is 10.0 Å². The predicted molar refractivity (Wildman–Crippen MR) is 76.5 cm³/mol. The normalized spacial score (nSPS) is 10.9. The molecule has 2 aromatic rings. The van der Waals surface area contributed by atoms with Crippen LogP contribution in [-0.2, 0) is 10.0 Å². The van der Waals surface area contributed by atoms with Gasteiger partial charge in [-0.05, 0) is 59.6 Å². The summed E-state index contributed by atoms with van der Waals surface area (Å²) >= 11 is 4.40. The van der Waals surface area contributed by atoms with Crippen LogP contribution in [0.3, 0.4) is 0 Å². The largest absolute Gasteiger partial charge is 1.00 e. The van der Waals surface area contributed by atoms with Crippen molar-refractivity contribution in [2.75, 3.05) is 4.72 Å². The van der Waals surface area contributed by atoms with Gasteiger partial charge in [0, 0.05) is 5.69 Å². The average molecular weight is 383 g/mol. The molecule has 2 heterocycles. The van der Waals surface area contributed by atoms with Crippen LogP contribution in [0, 0.1) is 13.8 Å². The van der Waals surface area contributed by atoms with Gasteiger partial charge >= 0.3 is 0 Å². The zero-order chi connectivity index (χ0) is 13.3. The maximum Gasteiger partial charge on any atom is 0.272 e. The van der Waals surface area contributed by atoms with E-state index in [4.69, 9.17) is 0 Å². The number of nitrogens with one attached hydrogen (secondary N) is 1. The fraction of sp³-hybridized carbons (Fsp3) is 0.182. The summed E-state index contributed by atoms with van der Waals surface area (Å²) in [4.78, 5) is 4.15. The molecule has 0 amide bonds. The molecule has 0 aliphatic rings. The number of aryl methyl sites for hydroxylation is 2. The van der Waals surface area contributed by atoms with Crippen molar-refractivity contribution < 1.29 is 20.8 Å². The molecular formula is C11H11BrClN2O2S2-. The highest BCUT2D eigenvalue weighted by molar-refractivity contribution is 9.11. The van der Waals surface area contributed by atoms with E-state index in [9.17, 15) is 8.42 Å². The third-order valence-electron chi connectivity index (χ3n) is 2.15. The number of halogens is 2. The van der Waals surface area contributed by atoms with Crippen LogP contribution < -0.4 is 17.1 Å². The minimum absolute atomic E-state index is 0. The van der Waals surface area contributed by atoms with Gasteiger partial charge in [-0.3, -0.25) is 4.72 Å². The Morgan fingerprint density at radius 2 is 1.95 bits per heavy atom. The average Bonchev–Trinajstić information content (AvgIpc) is 2.62. The minimum Gasteiger partial charge on any atom is -1.00 e. The van der Waals surface area contributed by atoms with Crippen LogP contribution in [0.15, 0.2) is 32.3 Å². The Balaban J connectivity index is 0.00000180. The van der Waals surface area contributed by atoms with Crippen LogP contribution in [0.2, 0.25) is 0 Å². The van der Waals surface area contributed by atoms with Crippen molar-refractivity contribution in [1.29, 1.82) is 0 Å². The lowest BCUT2D eigenvalue weighted by Gasteiger charge is -2.07. The molecule has 0 unspecified atom stereocenters. The molecule has 0 radical (unpaired) electrons. The summed E-state index contributed by atoms with van der Waals surface area (Å²) in [5.74, 6) is 0.344. The monoisotopic (exact) mass is 381 g/mol. The Bertz CT molecular complexity index is 666. The molecule has 0 atom stereocenters. The maximum absolute atomic E-state index is 12.1. The Kier molecular flexibility index (Phi) is 5.37. The van der Waals surface area contributed by atoms with Gasteiger partial charge in [0.15, 0.2) is 0 Å². The van der Waals surface area contributed by atoms with Crippen LogP contribution >= 0.6 is 27.3 Å². The van der Waals surface area contributed by atoms with Crippen molar-refractivity contribution in [3.63, 3.8) is 0 Å². The maximum atomic E-state index is 12.1. The van der Waals surface area contributed by atoms with Crippen molar-refractivity contribution in [3.05, 3.63) is 39.3 Å². The summed E-state index contributed by atoms with van der Waals surface area (Å²) in [7, 11) is -3.55. The summed E-state index contributed by atoms with van der Waals surface area (Å²) in [6.07, 6.45) is 0. The molecule has 8 heteroatoms. The molecule has 0 aromatic carbocycles. The number of hydrogen-bond donors (Lipinski definition) is 1. The van der Waals surface area contributed by atoms with Crippen LogP contribution in [0.4, 0.5) is 5.82 Å². The first-order valence-electron chi connectivity index (χ1n) is 5.10. The second-order valence-corrected chi connectivity index (χ2v) is 8.21. The summed E-state index contributed by atoms with van der Waals surface area (Å²) in [6, 6.07) is 6.85. The highest BCUT2D eigenvalue weighted by atomic mass is 79.9. The Morgan fingerprint density at radius 3 is 2.47 bits per heavy atom. The first kappa shape index (κ1) is 16.4. The second-order valence-electron chi connectivity index (χ2n) is 3.84. The van der Waals surface area contributed by atoms with E-state index in [1.165, 1.54) is 0 Å². The fourth-order valence-corrected chi connectivity index (χ4v) is 4.53. The Morgan fingerprint density at radius 1 is 1.26 bits per heavy atom. The lowest BCUT2D eigenvalue weighted by atomic mass is 10.2. The summed E-state index contributed by atoms with van der Waals surface area (Å²) < 4.78 is 27.7. The number of thiophene rings is 1. The van der Waals surface area contributed by atoms with Crippen LogP contribution in [0.1, 0.15) is 11.3 Å². The van der Waals surface area contributed by atoms with Gasteiger partial charge in [0.25, 0.3) is 10.0 Å². The molecule has 2 aromatic heterocycles. The summed E-state index contributed by atoms with van der Waals surface area (Å²) in [5, 5.41) is 0. The minimum atomic E-state index is -3.55. The van der Waals surface area contributed by atoms with Gasteiger partial charge in [-0.25, -0.2) is 13.4 Å². The number of sulfonamides is 1. The first-order chi connectivity index (χ1) is 8.37. The van der Waals surface area contributed by atoms with E-state index in [1.807, 2.05) is 19.9 Å². The summed E-state index contributed by atoms with van der Waals surface area (Å²) in [6.45, 7) is 3.72. The molecule has 2 rings (SSSR count). The number of nitrogens with zero attached hydrogens (tertiary/aromatic N) is 1. The van der Waals surface area contributed by atoms with E-state index in [2.05, 4.69) is 25.6 Å². The predicted octanol–water partition coefficient (Wildman–Crippen LogP) is 0.327. The highest BCUT2D eigenvalue weighted by Gasteiger charge is 2.17. The first-order valence-corrected chi connectivity index (χ1v) is 8.19. The van der Waals surface area contributed by atoms with E-state index in [0.717, 1.165) is 26.4 Å². The van der Waals surface area contributed by atoms with Gasteiger partial charge in [0.1, 0.15) is 10.0 Å². The van der Waals surface area contributed by atoms with Crippen molar-refractivity contribution >= 4 is 43.1 Å². The van der Waals surface area contributed by atoms with Gasteiger partial charge < -0.3 is 12.4 Å². The molecule has 0 saturated carbocycles. The van der Waals surface area contributed by atoms with E-state index in [1.54, 1.807) is 18.2 Å². The molecule has 1 N–H and O–H groups in total. The van der Waals surface area contributed by atoms with Gasteiger partial charge in [-0.2, -0.15) is 0 Å². The van der Waals surface area contributed by atoms with Gasteiger partial charge in [0.05, 0.1) is 3.79 Å². The lowest BCUT2D eigenvalue weighted by Crippen LogP contribution is -3.00. The molecule has 0 aliphatic heterocycles. The number of anilines is 1. The molecule has 0 fully saturated rings. The van der Waals surface area contributed by atoms with Crippen LogP contribution in [-0.4, -0.2) is 13.4 Å². The van der Waals surface area contributed by atoms with Crippen molar-refractivity contribution in [2.24, 2.45) is 0 Å². The van der Waals surface area contributed by atoms with Crippen molar-refractivity contribution in [2.45, 2.75) is 18.1 Å². The second kappa shape index (κ2) is 6.21. The van der Waals surface area contributed by atoms with Crippen molar-refractivity contribution in [3.8, 4) is 0 Å². The highest BCUT2D eigenvalue weighted by Crippen LogP contribution is 2.27. The molecular weight excluding hydrogens is 372 g/mol. The molecule has 104 valence electrons. The topological polar surface area (TPSA) is 59.1 Å². The third-order valence-corrected chi connectivity index (χ3v) is 5.62. The van der Waals surface area contributed by atoms with Gasteiger partial charge in [0.2, 0.25) is 0 Å². The zero-order valence-electron chi connectivity index (χ0n) is 10.1. The lowest BCUT2D eigenvalue weighted by molar-refractivity contribution is -0.00000619. The number of rotatable bonds is 3. The zero-order valence-corrected chi connectivity index (χ0v) is 14.1. The third kappa shape index (κ3) is 4.17. The Hall–Kier alpha value is -0.630. The van der Waals surface area contributed by atoms with Crippen LogP contribution in [0.25, 0.3) is 0 Å². The van der Waals surface area contributed by atoms with Gasteiger partial charge in [-0.15, -0.1) is 11.3 Å². The van der Waals surface area contributed by atoms with Crippen molar-refractivity contribution in [1.82, 2.24) is 4.98 Å². The number of aromatic nitrogens is 1. The number of pyridine rings is 1. The SMILES string of the molecule is Cc1cc(C)nc(NS(=O)(=O)c2ccc(Br)s2)c1.[Cl-]. The molecule has 19 heavy (non-hydrogen) atoms. The summed E-state index contributed by atoms with van der Waals surface area (Å²) in [5.41, 5.74) is 1.74. The smallest absolute Gasteiger partial charge is 0.272 e.